The van der Waals surface area contributed by atoms with E-state index in [4.69, 9.17) is 10.2 Å². The van der Waals surface area contributed by atoms with E-state index in [2.05, 4.69) is 41.0 Å². The number of rotatable bonds is 7. The molecule has 1 aliphatic carbocycles. The van der Waals surface area contributed by atoms with Crippen LogP contribution in [0.15, 0.2) is 24.7 Å². The Kier molecular flexibility index (Phi) is 4.01. The molecule has 0 aromatic carbocycles. The number of amides is 2. The fourth-order valence-electron chi connectivity index (χ4n) is 2.66. The minimum absolute atomic E-state index is 0.0117. The first kappa shape index (κ1) is 14.8. The Morgan fingerprint density at radius 3 is 2.90 bits per heavy atom. The van der Waals surface area contributed by atoms with Crippen molar-refractivity contribution in [3.8, 4) is 17.1 Å². The minimum atomic E-state index is -2.77. The molecule has 30 heavy (non-hydrogen) atoms. The number of carbonyl (C=O) groups is 2. The lowest BCUT2D eigenvalue weighted by atomic mass is 10.2. The summed E-state index contributed by atoms with van der Waals surface area (Å²) < 4.78 is 35.3. The van der Waals surface area contributed by atoms with Crippen LogP contribution in [0.25, 0.3) is 11.4 Å². The zero-order valence-electron chi connectivity index (χ0n) is 19.7. The standard InChI is InChI=1S/C18H19N9O3/c1-19-18(29)13-11(7-12(25-26-13)24-17(28)9-3-4-9)23-16-14(30-2)10(5-6-20-16)15-21-8-22-27-15/h5-9H,3-4H2,1-2H3,(H,19,29)(H,21,22,27)(H2,20,23,24,25,28)/i1D3,9D. The molecule has 3 heterocycles. The number of carbonyl (C=O) groups excluding carboxylic acids is 2. The molecule has 3 aromatic rings. The van der Waals surface area contributed by atoms with Crippen molar-refractivity contribution in [3.05, 3.63) is 30.4 Å². The van der Waals surface area contributed by atoms with Gasteiger partial charge < -0.3 is 20.7 Å². The van der Waals surface area contributed by atoms with Crippen LogP contribution in [0.5, 0.6) is 5.75 Å². The first-order chi connectivity index (χ1) is 16.1. The number of H-pyrrole nitrogens is 1. The monoisotopic (exact) mass is 413 g/mol. The zero-order chi connectivity index (χ0) is 24.5. The molecular weight excluding hydrogens is 390 g/mol. The molecule has 0 bridgehead atoms. The molecule has 0 unspecified atom stereocenters. The van der Waals surface area contributed by atoms with Crippen molar-refractivity contribution < 1.29 is 19.8 Å². The Hall–Kier alpha value is -4.09. The van der Waals surface area contributed by atoms with Crippen molar-refractivity contribution in [2.24, 2.45) is 5.89 Å². The van der Waals surface area contributed by atoms with Crippen LogP contribution in [0, 0.1) is 5.89 Å². The van der Waals surface area contributed by atoms with Gasteiger partial charge in [-0.2, -0.15) is 5.10 Å². The number of nitrogens with zero attached hydrogens (tertiary/aromatic N) is 5. The van der Waals surface area contributed by atoms with Crippen molar-refractivity contribution in [2.45, 2.75) is 12.8 Å². The maximum Gasteiger partial charge on any atom is 0.273 e. The lowest BCUT2D eigenvalue weighted by Crippen LogP contribution is -2.22. The van der Waals surface area contributed by atoms with Gasteiger partial charge in [0.25, 0.3) is 5.91 Å². The van der Waals surface area contributed by atoms with Gasteiger partial charge in [0.05, 0.1) is 18.4 Å². The molecule has 0 saturated heterocycles. The van der Waals surface area contributed by atoms with E-state index in [0.29, 0.717) is 24.2 Å². The predicted molar refractivity (Wildman–Crippen MR) is 106 cm³/mol. The zero-order valence-corrected chi connectivity index (χ0v) is 15.7. The van der Waals surface area contributed by atoms with E-state index in [1.54, 1.807) is 6.07 Å². The number of methoxy groups -OCH3 is 1. The third kappa shape index (κ3) is 3.87. The third-order valence-electron chi connectivity index (χ3n) is 4.22. The summed E-state index contributed by atoms with van der Waals surface area (Å²) in [5.74, 6) is -2.07. The molecule has 1 saturated carbocycles. The maximum absolute atomic E-state index is 12.6. The quantitative estimate of drug-likeness (QED) is 0.445. The number of hydrogen-bond acceptors (Lipinski definition) is 9. The summed E-state index contributed by atoms with van der Waals surface area (Å²) in [5, 5.41) is 21.3. The smallest absolute Gasteiger partial charge is 0.273 e. The van der Waals surface area contributed by atoms with Crippen molar-refractivity contribution in [2.75, 3.05) is 24.7 Å². The van der Waals surface area contributed by atoms with E-state index >= 15 is 0 Å². The van der Waals surface area contributed by atoms with Gasteiger partial charge in [-0.25, -0.2) is 9.97 Å². The highest BCUT2D eigenvalue weighted by Crippen LogP contribution is 2.35. The Balaban J connectivity index is 1.72. The van der Waals surface area contributed by atoms with E-state index in [1.165, 1.54) is 25.7 Å². The summed E-state index contributed by atoms with van der Waals surface area (Å²) in [5.41, 5.74) is 0.129. The highest BCUT2D eigenvalue weighted by molar-refractivity contribution is 5.99. The summed E-state index contributed by atoms with van der Waals surface area (Å²) in [6.45, 7) is -2.77. The summed E-state index contributed by atoms with van der Waals surface area (Å²) in [4.78, 5) is 33.1. The van der Waals surface area contributed by atoms with Gasteiger partial charge in [-0.1, -0.05) is 0 Å². The van der Waals surface area contributed by atoms with Gasteiger partial charge in [-0.15, -0.1) is 10.2 Å². The van der Waals surface area contributed by atoms with Gasteiger partial charge in [0.1, 0.15) is 6.33 Å². The second-order valence-corrected chi connectivity index (χ2v) is 6.20. The fourth-order valence-corrected chi connectivity index (χ4v) is 2.66. The van der Waals surface area contributed by atoms with Gasteiger partial charge in [0, 0.05) is 30.6 Å². The number of hydrogen-bond donors (Lipinski definition) is 4. The van der Waals surface area contributed by atoms with Crippen LogP contribution in [0.1, 0.15) is 28.8 Å². The minimum Gasteiger partial charge on any atom is -0.492 e. The second kappa shape index (κ2) is 8.11. The van der Waals surface area contributed by atoms with Gasteiger partial charge >= 0.3 is 0 Å². The average Bonchev–Trinajstić information content (AvgIpc) is 3.30. The van der Waals surface area contributed by atoms with Crippen LogP contribution in [-0.4, -0.2) is 56.3 Å². The number of ether oxygens (including phenoxy) is 1. The molecule has 12 nitrogen and oxygen atoms in total. The van der Waals surface area contributed by atoms with Crippen LogP contribution in [0.3, 0.4) is 0 Å². The summed E-state index contributed by atoms with van der Waals surface area (Å²) in [7, 11) is 1.41. The highest BCUT2D eigenvalue weighted by Gasteiger charge is 2.30. The number of aromatic amines is 1. The van der Waals surface area contributed by atoms with Crippen LogP contribution < -0.4 is 20.7 Å². The van der Waals surface area contributed by atoms with Gasteiger partial charge in [0.2, 0.25) is 5.91 Å². The van der Waals surface area contributed by atoms with Crippen LogP contribution >= 0.6 is 0 Å². The number of pyridine rings is 1. The normalized spacial score (nSPS) is 16.3. The van der Waals surface area contributed by atoms with E-state index in [0.717, 1.165) is 0 Å². The summed E-state index contributed by atoms with van der Waals surface area (Å²) in [6, 6.07) is 2.92. The fraction of sp³-hybridized carbons (Fsp3) is 0.278. The lowest BCUT2D eigenvalue weighted by Gasteiger charge is -2.15. The molecule has 3 aromatic heterocycles. The maximum atomic E-state index is 12.6. The average molecular weight is 413 g/mol. The molecular formula is C18H19N9O3. The molecule has 4 rings (SSSR count). The van der Waals surface area contributed by atoms with E-state index < -0.39 is 24.7 Å². The SMILES string of the molecule is [2H]C([2H])([2H])NC(=O)c1nnc(NC(=O)C2([2H])CC2)cc1Nc1nccc(-c2ncn[nH]2)c1OC. The number of nitrogens with one attached hydrogen (secondary N) is 4. The first-order valence-corrected chi connectivity index (χ1v) is 8.77. The molecule has 1 fully saturated rings. The van der Waals surface area contributed by atoms with Crippen molar-refractivity contribution in [3.63, 3.8) is 0 Å². The molecule has 1 aliphatic rings. The van der Waals surface area contributed by atoms with Crippen LogP contribution in [0.4, 0.5) is 17.3 Å². The first-order valence-electron chi connectivity index (χ1n) is 10.8. The van der Waals surface area contributed by atoms with Crippen molar-refractivity contribution in [1.29, 1.82) is 0 Å². The van der Waals surface area contributed by atoms with E-state index in [-0.39, 0.29) is 28.8 Å². The van der Waals surface area contributed by atoms with E-state index in [1.807, 2.05) is 5.32 Å². The predicted octanol–water partition coefficient (Wildman–Crippen LogP) is 1.12. The Labute approximate surface area is 176 Å². The largest absolute Gasteiger partial charge is 0.492 e. The van der Waals surface area contributed by atoms with E-state index in [9.17, 15) is 9.59 Å². The van der Waals surface area contributed by atoms with Crippen LogP contribution in [-0.2, 0) is 4.79 Å². The topological polar surface area (TPSA) is 160 Å². The van der Waals surface area contributed by atoms with Gasteiger partial charge in [0.15, 0.2) is 28.9 Å². The second-order valence-electron chi connectivity index (χ2n) is 6.20. The molecule has 4 N–H and O–H groups in total. The molecule has 0 radical (unpaired) electrons. The molecule has 0 aliphatic heterocycles. The Morgan fingerprint density at radius 2 is 2.20 bits per heavy atom. The summed E-state index contributed by atoms with van der Waals surface area (Å²) >= 11 is 0. The molecule has 2 amide bonds. The van der Waals surface area contributed by atoms with Gasteiger partial charge in [-0.3, -0.25) is 14.7 Å². The van der Waals surface area contributed by atoms with Crippen molar-refractivity contribution >= 4 is 29.1 Å². The van der Waals surface area contributed by atoms with Crippen LogP contribution in [0.2, 0.25) is 0 Å². The van der Waals surface area contributed by atoms with Gasteiger partial charge in [-0.05, 0) is 18.9 Å². The molecule has 154 valence electrons. The molecule has 0 spiro atoms. The summed E-state index contributed by atoms with van der Waals surface area (Å²) in [6.07, 6.45) is 3.62. The Morgan fingerprint density at radius 1 is 1.33 bits per heavy atom. The third-order valence-corrected chi connectivity index (χ3v) is 4.22. The Bertz CT molecular complexity index is 1230. The highest BCUT2D eigenvalue weighted by atomic mass is 16.5. The molecule has 0 atom stereocenters. The lowest BCUT2D eigenvalue weighted by molar-refractivity contribution is -0.117. The number of aromatic nitrogens is 6. The van der Waals surface area contributed by atoms with Crippen molar-refractivity contribution in [1.82, 2.24) is 35.7 Å². The number of anilines is 3. The molecule has 12 heteroatoms.